The molecule has 3 nitrogen and oxygen atoms in total. The average molecular weight is 321 g/mol. The molecule has 3 saturated heterocycles. The molecule has 3 heterocycles. The topological polar surface area (TPSA) is 55.3 Å². The molecule has 0 amide bonds. The maximum absolute atomic E-state index is 6.09. The molecule has 0 aromatic heterocycles. The third-order valence-corrected chi connectivity index (χ3v) is 6.33. The lowest BCUT2D eigenvalue weighted by Crippen LogP contribution is -2.57. The first kappa shape index (κ1) is 15.5. The Labute approximate surface area is 144 Å². The van der Waals surface area contributed by atoms with Crippen molar-refractivity contribution in [3.63, 3.8) is 0 Å². The molecule has 3 heteroatoms. The van der Waals surface area contributed by atoms with Crippen LogP contribution in [0.1, 0.15) is 35.1 Å². The second-order valence-corrected chi connectivity index (χ2v) is 7.66. The smallest absolute Gasteiger partial charge is 0.0359 e. The second-order valence-electron chi connectivity index (χ2n) is 7.66. The van der Waals surface area contributed by atoms with E-state index in [9.17, 15) is 0 Å². The van der Waals surface area contributed by atoms with Crippen LogP contribution in [0.2, 0.25) is 0 Å². The molecular formula is C21H27N3. The molecule has 0 unspecified atom stereocenters. The van der Waals surface area contributed by atoms with Crippen LogP contribution in [0.25, 0.3) is 0 Å². The normalized spacial score (nSPS) is 24.9. The summed E-state index contributed by atoms with van der Waals surface area (Å²) in [6.07, 6.45) is 2.54. The van der Waals surface area contributed by atoms with Crippen molar-refractivity contribution in [2.24, 2.45) is 5.92 Å². The monoisotopic (exact) mass is 321 g/mol. The van der Waals surface area contributed by atoms with Gasteiger partial charge in [-0.15, -0.1) is 0 Å². The van der Waals surface area contributed by atoms with Gasteiger partial charge in [0.15, 0.2) is 0 Å². The van der Waals surface area contributed by atoms with Crippen molar-refractivity contribution in [1.29, 1.82) is 0 Å². The van der Waals surface area contributed by atoms with Crippen molar-refractivity contribution < 1.29 is 0 Å². The predicted octanol–water partition coefficient (Wildman–Crippen LogP) is 3.48. The quantitative estimate of drug-likeness (QED) is 0.833. The molecular weight excluding hydrogens is 294 g/mol. The number of nitrogen functional groups attached to an aromatic ring is 2. The van der Waals surface area contributed by atoms with E-state index in [1.807, 2.05) is 0 Å². The van der Waals surface area contributed by atoms with E-state index < -0.39 is 0 Å². The minimum absolute atomic E-state index is 0.0629. The minimum Gasteiger partial charge on any atom is -0.399 e. The first-order valence-electron chi connectivity index (χ1n) is 8.96. The SMILES string of the molecule is Cc1cc(C2(c3ccc(N)c(C)c3)CN3CCC2CC3)ccc1N. The standard InChI is InChI=1S/C21H27N3/c1-14-11-17(3-5-19(14)22)21(13-24-9-7-16(21)8-10-24)18-4-6-20(23)15(2)12-18/h3-6,11-12,16H,7-10,13,22-23H2,1-2H3. The van der Waals surface area contributed by atoms with E-state index in [0.29, 0.717) is 5.92 Å². The highest BCUT2D eigenvalue weighted by Gasteiger charge is 2.49. The summed E-state index contributed by atoms with van der Waals surface area (Å²) in [6.45, 7) is 7.79. The summed E-state index contributed by atoms with van der Waals surface area (Å²) in [7, 11) is 0. The van der Waals surface area contributed by atoms with Gasteiger partial charge in [0.1, 0.15) is 0 Å². The highest BCUT2D eigenvalue weighted by atomic mass is 15.2. The van der Waals surface area contributed by atoms with Gasteiger partial charge in [-0.1, -0.05) is 24.3 Å². The summed E-state index contributed by atoms with van der Waals surface area (Å²) in [5.41, 5.74) is 19.2. The van der Waals surface area contributed by atoms with Crippen LogP contribution in [0.3, 0.4) is 0 Å². The van der Waals surface area contributed by atoms with E-state index in [1.54, 1.807) is 0 Å². The van der Waals surface area contributed by atoms with Crippen LogP contribution in [-0.4, -0.2) is 24.5 Å². The maximum atomic E-state index is 6.09. The molecule has 3 aliphatic heterocycles. The van der Waals surface area contributed by atoms with Gasteiger partial charge >= 0.3 is 0 Å². The number of fused-ring (bicyclic) bond motifs is 3. The lowest BCUT2D eigenvalue weighted by Gasteiger charge is -2.54. The highest BCUT2D eigenvalue weighted by molar-refractivity contribution is 5.55. The van der Waals surface area contributed by atoms with Gasteiger partial charge in [0, 0.05) is 23.3 Å². The number of hydrogen-bond acceptors (Lipinski definition) is 3. The molecule has 24 heavy (non-hydrogen) atoms. The van der Waals surface area contributed by atoms with Crippen molar-refractivity contribution >= 4 is 11.4 Å². The third-order valence-electron chi connectivity index (χ3n) is 6.33. The highest BCUT2D eigenvalue weighted by Crippen LogP contribution is 2.49. The molecule has 2 aromatic carbocycles. The van der Waals surface area contributed by atoms with Crippen molar-refractivity contribution in [1.82, 2.24) is 4.90 Å². The summed E-state index contributed by atoms with van der Waals surface area (Å²) >= 11 is 0. The fourth-order valence-electron chi connectivity index (χ4n) is 4.79. The Morgan fingerprint density at radius 1 is 0.875 bits per heavy atom. The number of hydrogen-bond donors (Lipinski definition) is 2. The number of aryl methyl sites for hydroxylation is 2. The van der Waals surface area contributed by atoms with Crippen LogP contribution >= 0.6 is 0 Å². The zero-order valence-corrected chi connectivity index (χ0v) is 14.7. The summed E-state index contributed by atoms with van der Waals surface area (Å²) in [5.74, 6) is 0.688. The van der Waals surface area contributed by atoms with Gasteiger partial charge in [-0.3, -0.25) is 0 Å². The maximum Gasteiger partial charge on any atom is 0.0359 e. The van der Waals surface area contributed by atoms with Crippen molar-refractivity contribution in [3.05, 3.63) is 58.7 Å². The Morgan fingerprint density at radius 2 is 1.38 bits per heavy atom. The molecule has 2 aromatic rings. The van der Waals surface area contributed by atoms with Crippen molar-refractivity contribution in [2.45, 2.75) is 32.1 Å². The lowest BCUT2D eigenvalue weighted by molar-refractivity contribution is 0.0451. The lowest BCUT2D eigenvalue weighted by atomic mass is 9.59. The van der Waals surface area contributed by atoms with E-state index in [2.05, 4.69) is 55.1 Å². The number of piperidine rings is 3. The molecule has 0 radical (unpaired) electrons. The van der Waals surface area contributed by atoms with Gasteiger partial charge in [0.2, 0.25) is 0 Å². The van der Waals surface area contributed by atoms with Crippen LogP contribution in [-0.2, 0) is 5.41 Å². The van der Waals surface area contributed by atoms with Gasteiger partial charge in [-0.25, -0.2) is 0 Å². The summed E-state index contributed by atoms with van der Waals surface area (Å²) in [5, 5.41) is 0. The number of nitrogens with zero attached hydrogens (tertiary/aromatic N) is 1. The zero-order chi connectivity index (χ0) is 16.9. The van der Waals surface area contributed by atoms with Crippen LogP contribution in [0.5, 0.6) is 0 Å². The number of anilines is 2. The molecule has 0 aliphatic carbocycles. The van der Waals surface area contributed by atoms with Gasteiger partial charge in [-0.2, -0.15) is 0 Å². The van der Waals surface area contributed by atoms with Gasteiger partial charge in [0.05, 0.1) is 0 Å². The Hall–Kier alpha value is -2.00. The summed E-state index contributed by atoms with van der Waals surface area (Å²) < 4.78 is 0. The molecule has 2 bridgehead atoms. The molecule has 4 N–H and O–H groups in total. The zero-order valence-electron chi connectivity index (χ0n) is 14.7. The summed E-state index contributed by atoms with van der Waals surface area (Å²) in [4.78, 5) is 2.62. The Morgan fingerprint density at radius 3 is 1.75 bits per heavy atom. The molecule has 3 fully saturated rings. The first-order valence-corrected chi connectivity index (χ1v) is 8.96. The molecule has 126 valence electrons. The van der Waals surface area contributed by atoms with E-state index in [0.717, 1.165) is 17.9 Å². The Kier molecular flexibility index (Phi) is 3.57. The fourth-order valence-corrected chi connectivity index (χ4v) is 4.79. The van der Waals surface area contributed by atoms with Crippen molar-refractivity contribution in [3.8, 4) is 0 Å². The predicted molar refractivity (Wildman–Crippen MR) is 101 cm³/mol. The molecule has 0 saturated carbocycles. The van der Waals surface area contributed by atoms with Crippen LogP contribution < -0.4 is 11.5 Å². The number of benzene rings is 2. The van der Waals surface area contributed by atoms with Crippen molar-refractivity contribution in [2.75, 3.05) is 31.1 Å². The van der Waals surface area contributed by atoms with Gasteiger partial charge in [0.25, 0.3) is 0 Å². The van der Waals surface area contributed by atoms with Crippen LogP contribution in [0.15, 0.2) is 36.4 Å². The third kappa shape index (κ3) is 2.22. The largest absolute Gasteiger partial charge is 0.399 e. The van der Waals surface area contributed by atoms with E-state index in [-0.39, 0.29) is 5.41 Å². The average Bonchev–Trinajstić information content (AvgIpc) is 2.60. The Bertz CT molecular complexity index is 721. The fraction of sp³-hybridized carbons (Fsp3) is 0.429. The Balaban J connectivity index is 1.92. The molecule has 3 aliphatic rings. The molecule has 0 spiro atoms. The number of rotatable bonds is 2. The van der Waals surface area contributed by atoms with Crippen LogP contribution in [0, 0.1) is 19.8 Å². The second kappa shape index (κ2) is 5.52. The molecule has 0 atom stereocenters. The van der Waals surface area contributed by atoms with Crippen LogP contribution in [0.4, 0.5) is 11.4 Å². The van der Waals surface area contributed by atoms with Gasteiger partial charge < -0.3 is 16.4 Å². The van der Waals surface area contributed by atoms with E-state index in [1.165, 1.54) is 48.2 Å². The first-order chi connectivity index (χ1) is 11.5. The summed E-state index contributed by atoms with van der Waals surface area (Å²) in [6, 6.07) is 13.3. The minimum atomic E-state index is 0.0629. The van der Waals surface area contributed by atoms with Gasteiger partial charge in [-0.05, 0) is 80.1 Å². The van der Waals surface area contributed by atoms with E-state index >= 15 is 0 Å². The number of nitrogens with two attached hydrogens (primary N) is 2. The van der Waals surface area contributed by atoms with E-state index in [4.69, 9.17) is 11.5 Å². The molecule has 5 rings (SSSR count).